The molecule has 0 rings (SSSR count). The largest absolute Gasteiger partial charge is 0.293 e. The van der Waals surface area contributed by atoms with Gasteiger partial charge in [0.1, 0.15) is 0 Å². The second-order valence-electron chi connectivity index (χ2n) is 3.79. The maximum atomic E-state index is 11.3. The molecule has 1 amide bonds. The molecule has 0 aliphatic heterocycles. The van der Waals surface area contributed by atoms with Crippen LogP contribution in [0.25, 0.3) is 0 Å². The molecule has 0 radical (unpaired) electrons. The number of nitrogens with two attached hydrogens (primary N) is 1. The molecule has 0 aromatic heterocycles. The van der Waals surface area contributed by atoms with Gasteiger partial charge in [-0.1, -0.05) is 27.2 Å². The van der Waals surface area contributed by atoms with E-state index in [-0.39, 0.29) is 11.9 Å². The molecule has 4 heteroatoms. The van der Waals surface area contributed by atoms with Gasteiger partial charge in [0.25, 0.3) is 5.91 Å². The Morgan fingerprint density at radius 2 is 2.00 bits per heavy atom. The molecule has 0 saturated heterocycles. The van der Waals surface area contributed by atoms with Crippen LogP contribution in [0, 0.1) is 5.92 Å². The van der Waals surface area contributed by atoms with E-state index < -0.39 is 0 Å². The third-order valence-electron chi connectivity index (χ3n) is 2.72. The number of hydrogen-bond acceptors (Lipinski definition) is 3. The maximum Gasteiger partial charge on any atom is 0.250 e. The highest BCUT2D eigenvalue weighted by atomic mass is 16.2. The van der Waals surface area contributed by atoms with E-state index in [9.17, 15) is 4.79 Å². The van der Waals surface area contributed by atoms with Crippen LogP contribution < -0.4 is 11.3 Å². The van der Waals surface area contributed by atoms with Crippen molar-refractivity contribution in [1.29, 1.82) is 0 Å². The van der Waals surface area contributed by atoms with E-state index in [4.69, 9.17) is 5.84 Å². The van der Waals surface area contributed by atoms with E-state index in [1.54, 1.807) is 0 Å². The van der Waals surface area contributed by atoms with Crippen LogP contribution in [0.4, 0.5) is 0 Å². The molecule has 0 bridgehead atoms. The molecule has 0 heterocycles. The molecule has 0 aromatic rings. The highest BCUT2D eigenvalue weighted by molar-refractivity contribution is 5.80. The first-order chi connectivity index (χ1) is 6.56. The fraction of sp³-hybridized carbons (Fsp3) is 0.900. The third-order valence-corrected chi connectivity index (χ3v) is 2.72. The van der Waals surface area contributed by atoms with Crippen LogP contribution in [0.5, 0.6) is 0 Å². The molecule has 3 N–H and O–H groups in total. The van der Waals surface area contributed by atoms with Crippen molar-refractivity contribution in [2.75, 3.05) is 13.1 Å². The van der Waals surface area contributed by atoms with Gasteiger partial charge in [-0.2, -0.15) is 0 Å². The van der Waals surface area contributed by atoms with Crippen molar-refractivity contribution in [3.8, 4) is 0 Å². The SMILES string of the molecule is CCC(C)CN(CC)C(C)C(=O)NN. The van der Waals surface area contributed by atoms with Crippen LogP contribution >= 0.6 is 0 Å². The Kier molecular flexibility index (Phi) is 6.49. The Morgan fingerprint density at radius 1 is 1.43 bits per heavy atom. The predicted octanol–water partition coefficient (Wildman–Crippen LogP) is 0.733. The molecular formula is C10H23N3O. The lowest BCUT2D eigenvalue weighted by Crippen LogP contribution is -2.48. The first-order valence-corrected chi connectivity index (χ1v) is 5.31. The zero-order chi connectivity index (χ0) is 11.1. The lowest BCUT2D eigenvalue weighted by molar-refractivity contribution is -0.126. The molecule has 0 aliphatic carbocycles. The number of hydrogen-bond donors (Lipinski definition) is 2. The van der Waals surface area contributed by atoms with Gasteiger partial charge in [-0.15, -0.1) is 0 Å². The standard InChI is InChI=1S/C10H23N3O/c1-5-8(3)7-13(6-2)9(4)10(14)12-11/h8-9H,5-7,11H2,1-4H3,(H,12,14). The first-order valence-electron chi connectivity index (χ1n) is 5.31. The van der Waals surface area contributed by atoms with Crippen LogP contribution in [0.3, 0.4) is 0 Å². The summed E-state index contributed by atoms with van der Waals surface area (Å²) in [6, 6.07) is -0.140. The zero-order valence-corrected chi connectivity index (χ0v) is 9.71. The number of carbonyl (C=O) groups excluding carboxylic acids is 1. The Bertz CT molecular complexity index is 173. The Labute approximate surface area is 86.8 Å². The van der Waals surface area contributed by atoms with Gasteiger partial charge in [-0.05, 0) is 19.4 Å². The highest BCUT2D eigenvalue weighted by Crippen LogP contribution is 2.07. The van der Waals surface area contributed by atoms with Crippen molar-refractivity contribution in [2.45, 2.75) is 40.2 Å². The Balaban J connectivity index is 4.18. The summed E-state index contributed by atoms with van der Waals surface area (Å²) in [6.07, 6.45) is 1.13. The van der Waals surface area contributed by atoms with E-state index in [0.29, 0.717) is 5.92 Å². The molecule has 0 saturated carbocycles. The van der Waals surface area contributed by atoms with E-state index in [0.717, 1.165) is 19.5 Å². The van der Waals surface area contributed by atoms with Gasteiger partial charge in [0.05, 0.1) is 6.04 Å². The minimum absolute atomic E-state index is 0.116. The second-order valence-corrected chi connectivity index (χ2v) is 3.79. The van der Waals surface area contributed by atoms with E-state index in [1.165, 1.54) is 0 Å². The van der Waals surface area contributed by atoms with Crippen molar-refractivity contribution >= 4 is 5.91 Å². The minimum atomic E-state index is -0.140. The van der Waals surface area contributed by atoms with Crippen molar-refractivity contribution in [3.05, 3.63) is 0 Å². The number of nitrogens with zero attached hydrogens (tertiary/aromatic N) is 1. The molecule has 2 unspecified atom stereocenters. The first kappa shape index (κ1) is 13.4. The lowest BCUT2D eigenvalue weighted by Gasteiger charge is -2.28. The number of rotatable bonds is 6. The second kappa shape index (κ2) is 6.79. The number of nitrogens with one attached hydrogen (secondary N) is 1. The van der Waals surface area contributed by atoms with Gasteiger partial charge >= 0.3 is 0 Å². The van der Waals surface area contributed by atoms with Gasteiger partial charge in [0, 0.05) is 6.54 Å². The van der Waals surface area contributed by atoms with Gasteiger partial charge in [-0.25, -0.2) is 5.84 Å². The van der Waals surface area contributed by atoms with Crippen molar-refractivity contribution < 1.29 is 4.79 Å². The van der Waals surface area contributed by atoms with Crippen LogP contribution in [-0.2, 0) is 4.79 Å². The summed E-state index contributed by atoms with van der Waals surface area (Å²) in [4.78, 5) is 13.4. The van der Waals surface area contributed by atoms with Crippen molar-refractivity contribution in [3.63, 3.8) is 0 Å². The maximum absolute atomic E-state index is 11.3. The molecule has 84 valence electrons. The minimum Gasteiger partial charge on any atom is -0.293 e. The van der Waals surface area contributed by atoms with Crippen LogP contribution in [-0.4, -0.2) is 29.9 Å². The number of likely N-dealkylation sites (N-methyl/N-ethyl adjacent to an activating group) is 1. The van der Waals surface area contributed by atoms with Gasteiger partial charge < -0.3 is 0 Å². The summed E-state index contributed by atoms with van der Waals surface area (Å²) in [7, 11) is 0. The zero-order valence-electron chi connectivity index (χ0n) is 9.71. The van der Waals surface area contributed by atoms with E-state index in [1.807, 2.05) is 6.92 Å². The molecule has 0 aromatic carbocycles. The third kappa shape index (κ3) is 4.07. The molecule has 0 aliphatic rings. The quantitative estimate of drug-likeness (QED) is 0.378. The predicted molar refractivity (Wildman–Crippen MR) is 58.5 cm³/mol. The number of carbonyl (C=O) groups is 1. The van der Waals surface area contributed by atoms with Crippen molar-refractivity contribution in [1.82, 2.24) is 10.3 Å². The van der Waals surface area contributed by atoms with Crippen LogP contribution in [0.1, 0.15) is 34.1 Å². The Morgan fingerprint density at radius 3 is 2.36 bits per heavy atom. The fourth-order valence-electron chi connectivity index (χ4n) is 1.38. The molecular weight excluding hydrogens is 178 g/mol. The average molecular weight is 201 g/mol. The van der Waals surface area contributed by atoms with Crippen molar-refractivity contribution in [2.24, 2.45) is 11.8 Å². The monoisotopic (exact) mass is 201 g/mol. The van der Waals surface area contributed by atoms with Gasteiger partial charge in [-0.3, -0.25) is 15.1 Å². The van der Waals surface area contributed by atoms with Gasteiger partial charge in [0.2, 0.25) is 0 Å². The van der Waals surface area contributed by atoms with Gasteiger partial charge in [0.15, 0.2) is 0 Å². The molecule has 0 spiro atoms. The fourth-order valence-corrected chi connectivity index (χ4v) is 1.38. The average Bonchev–Trinajstić information content (AvgIpc) is 2.23. The lowest BCUT2D eigenvalue weighted by atomic mass is 10.1. The van der Waals surface area contributed by atoms with Crippen LogP contribution in [0.15, 0.2) is 0 Å². The molecule has 4 nitrogen and oxygen atoms in total. The molecule has 14 heavy (non-hydrogen) atoms. The normalized spacial score (nSPS) is 15.3. The number of hydrazine groups is 1. The topological polar surface area (TPSA) is 58.4 Å². The van der Waals surface area contributed by atoms with E-state index >= 15 is 0 Å². The van der Waals surface area contributed by atoms with E-state index in [2.05, 4.69) is 31.1 Å². The summed E-state index contributed by atoms with van der Waals surface area (Å²) in [6.45, 7) is 10.1. The van der Waals surface area contributed by atoms with Crippen LogP contribution in [0.2, 0.25) is 0 Å². The summed E-state index contributed by atoms with van der Waals surface area (Å²) in [5.74, 6) is 5.60. The molecule has 0 fully saturated rings. The highest BCUT2D eigenvalue weighted by Gasteiger charge is 2.19. The molecule has 2 atom stereocenters. The smallest absolute Gasteiger partial charge is 0.250 e. The Hall–Kier alpha value is -0.610. The summed E-state index contributed by atoms with van der Waals surface area (Å²) in [5.41, 5.74) is 2.19. The summed E-state index contributed by atoms with van der Waals surface area (Å²) in [5, 5.41) is 0. The summed E-state index contributed by atoms with van der Waals surface area (Å²) >= 11 is 0. The number of amides is 1. The summed E-state index contributed by atoms with van der Waals surface area (Å²) < 4.78 is 0.